The molecule has 2 aromatic rings. The SMILES string of the molecule is COc1ccc(CC(O)c2cccc(Br)c2C)cc1. The molecule has 0 saturated carbocycles. The van der Waals surface area contributed by atoms with Crippen molar-refractivity contribution in [1.82, 2.24) is 0 Å². The van der Waals surface area contributed by atoms with Crippen LogP contribution < -0.4 is 4.74 Å². The molecule has 0 bridgehead atoms. The summed E-state index contributed by atoms with van der Waals surface area (Å²) in [4.78, 5) is 0. The average molecular weight is 321 g/mol. The van der Waals surface area contributed by atoms with E-state index in [9.17, 15) is 5.11 Å². The Hall–Kier alpha value is -1.32. The maximum atomic E-state index is 10.4. The quantitative estimate of drug-likeness (QED) is 0.921. The molecule has 100 valence electrons. The Morgan fingerprint density at radius 1 is 1.16 bits per heavy atom. The molecule has 1 N–H and O–H groups in total. The van der Waals surface area contributed by atoms with Crippen LogP contribution >= 0.6 is 15.9 Å². The number of rotatable bonds is 4. The Kier molecular flexibility index (Phi) is 4.61. The zero-order chi connectivity index (χ0) is 13.8. The fourth-order valence-corrected chi connectivity index (χ4v) is 2.46. The fourth-order valence-electron chi connectivity index (χ4n) is 2.08. The number of halogens is 1. The molecule has 0 amide bonds. The first-order valence-corrected chi connectivity index (χ1v) is 6.97. The third kappa shape index (κ3) is 3.37. The molecule has 2 aromatic carbocycles. The zero-order valence-electron chi connectivity index (χ0n) is 11.1. The number of aliphatic hydroxyl groups excluding tert-OH is 1. The second-order valence-corrected chi connectivity index (χ2v) is 5.38. The van der Waals surface area contributed by atoms with E-state index in [4.69, 9.17) is 4.74 Å². The number of ether oxygens (including phenoxy) is 1. The zero-order valence-corrected chi connectivity index (χ0v) is 12.6. The van der Waals surface area contributed by atoms with Crippen molar-refractivity contribution >= 4 is 15.9 Å². The lowest BCUT2D eigenvalue weighted by Crippen LogP contribution is -2.04. The van der Waals surface area contributed by atoms with Crippen LogP contribution in [0.25, 0.3) is 0 Å². The summed E-state index contributed by atoms with van der Waals surface area (Å²) in [6, 6.07) is 13.7. The number of benzene rings is 2. The van der Waals surface area contributed by atoms with Gasteiger partial charge in [0.05, 0.1) is 13.2 Å². The van der Waals surface area contributed by atoms with E-state index in [0.717, 1.165) is 26.9 Å². The van der Waals surface area contributed by atoms with Crippen LogP contribution in [0, 0.1) is 6.92 Å². The molecule has 0 aliphatic heterocycles. The van der Waals surface area contributed by atoms with Gasteiger partial charge < -0.3 is 9.84 Å². The topological polar surface area (TPSA) is 29.5 Å². The number of hydrogen-bond acceptors (Lipinski definition) is 2. The van der Waals surface area contributed by atoms with Crippen LogP contribution in [-0.2, 0) is 6.42 Å². The van der Waals surface area contributed by atoms with Crippen LogP contribution in [0.3, 0.4) is 0 Å². The predicted octanol–water partition coefficient (Wildman–Crippen LogP) is 4.04. The van der Waals surface area contributed by atoms with E-state index in [2.05, 4.69) is 15.9 Å². The van der Waals surface area contributed by atoms with Crippen LogP contribution in [0.15, 0.2) is 46.9 Å². The molecular weight excluding hydrogens is 304 g/mol. The van der Waals surface area contributed by atoms with E-state index in [1.165, 1.54) is 0 Å². The lowest BCUT2D eigenvalue weighted by molar-refractivity contribution is 0.177. The van der Waals surface area contributed by atoms with Gasteiger partial charge in [0.2, 0.25) is 0 Å². The van der Waals surface area contributed by atoms with Gasteiger partial charge in [0.1, 0.15) is 5.75 Å². The van der Waals surface area contributed by atoms with Crippen molar-refractivity contribution in [2.45, 2.75) is 19.4 Å². The maximum absolute atomic E-state index is 10.4. The highest BCUT2D eigenvalue weighted by Gasteiger charge is 2.12. The summed E-state index contributed by atoms with van der Waals surface area (Å²) in [7, 11) is 1.65. The number of aliphatic hydroxyl groups is 1. The second kappa shape index (κ2) is 6.22. The van der Waals surface area contributed by atoms with Gasteiger partial charge in [0, 0.05) is 10.9 Å². The van der Waals surface area contributed by atoms with Crippen molar-refractivity contribution in [2.75, 3.05) is 7.11 Å². The first-order chi connectivity index (χ1) is 9.11. The predicted molar refractivity (Wildman–Crippen MR) is 80.5 cm³/mol. The summed E-state index contributed by atoms with van der Waals surface area (Å²) in [6.45, 7) is 2.01. The highest BCUT2D eigenvalue weighted by Crippen LogP contribution is 2.27. The van der Waals surface area contributed by atoms with Crippen molar-refractivity contribution in [1.29, 1.82) is 0 Å². The molecule has 0 radical (unpaired) electrons. The highest BCUT2D eigenvalue weighted by molar-refractivity contribution is 9.10. The Morgan fingerprint density at radius 2 is 1.84 bits per heavy atom. The lowest BCUT2D eigenvalue weighted by Gasteiger charge is -2.15. The molecule has 0 fully saturated rings. The van der Waals surface area contributed by atoms with E-state index in [0.29, 0.717) is 6.42 Å². The molecule has 1 unspecified atom stereocenters. The van der Waals surface area contributed by atoms with Gasteiger partial charge in [-0.2, -0.15) is 0 Å². The summed E-state index contributed by atoms with van der Waals surface area (Å²) in [6.07, 6.45) is 0.104. The molecule has 0 aromatic heterocycles. The summed E-state index contributed by atoms with van der Waals surface area (Å²) in [5, 5.41) is 10.4. The first-order valence-electron chi connectivity index (χ1n) is 6.18. The standard InChI is InChI=1S/C16H17BrO2/c1-11-14(4-3-5-15(11)17)16(18)10-12-6-8-13(19-2)9-7-12/h3-9,16,18H,10H2,1-2H3. The minimum Gasteiger partial charge on any atom is -0.497 e. The van der Waals surface area contributed by atoms with Crippen molar-refractivity contribution in [3.8, 4) is 5.75 Å². The van der Waals surface area contributed by atoms with Crippen LogP contribution in [-0.4, -0.2) is 12.2 Å². The van der Waals surface area contributed by atoms with Gasteiger partial charge in [0.25, 0.3) is 0 Å². The molecule has 2 nitrogen and oxygen atoms in total. The van der Waals surface area contributed by atoms with E-state index >= 15 is 0 Å². The minimum atomic E-state index is -0.495. The third-order valence-corrected chi connectivity index (χ3v) is 4.12. The molecule has 2 rings (SSSR count). The maximum Gasteiger partial charge on any atom is 0.118 e. The van der Waals surface area contributed by atoms with Crippen molar-refractivity contribution in [2.24, 2.45) is 0 Å². The number of methoxy groups -OCH3 is 1. The average Bonchev–Trinajstić information content (AvgIpc) is 2.42. The monoisotopic (exact) mass is 320 g/mol. The van der Waals surface area contributed by atoms with Gasteiger partial charge in [-0.05, 0) is 41.8 Å². The van der Waals surface area contributed by atoms with Crippen LogP contribution in [0.4, 0.5) is 0 Å². The summed E-state index contributed by atoms with van der Waals surface area (Å²) < 4.78 is 6.15. The Labute approximate surface area is 122 Å². The molecule has 0 aliphatic rings. The first kappa shape index (κ1) is 14.1. The molecule has 1 atom stereocenters. The second-order valence-electron chi connectivity index (χ2n) is 4.52. The normalized spacial score (nSPS) is 12.2. The van der Waals surface area contributed by atoms with Crippen LogP contribution in [0.2, 0.25) is 0 Å². The third-order valence-electron chi connectivity index (χ3n) is 3.26. The minimum absolute atomic E-state index is 0.495. The molecule has 0 spiro atoms. The van der Waals surface area contributed by atoms with Crippen molar-refractivity contribution in [3.63, 3.8) is 0 Å². The Bertz CT molecular complexity index is 549. The highest BCUT2D eigenvalue weighted by atomic mass is 79.9. The molecule has 3 heteroatoms. The largest absolute Gasteiger partial charge is 0.497 e. The van der Waals surface area contributed by atoms with Gasteiger partial charge in [-0.3, -0.25) is 0 Å². The summed E-state index contributed by atoms with van der Waals surface area (Å²) in [5.41, 5.74) is 3.14. The lowest BCUT2D eigenvalue weighted by atomic mass is 9.98. The molecule has 0 heterocycles. The van der Waals surface area contributed by atoms with Crippen LogP contribution in [0.1, 0.15) is 22.8 Å². The summed E-state index contributed by atoms with van der Waals surface area (Å²) in [5.74, 6) is 0.830. The Morgan fingerprint density at radius 3 is 2.47 bits per heavy atom. The van der Waals surface area contributed by atoms with E-state index in [-0.39, 0.29) is 0 Å². The molecular formula is C16H17BrO2. The van der Waals surface area contributed by atoms with Gasteiger partial charge in [0.15, 0.2) is 0 Å². The molecule has 0 aliphatic carbocycles. The van der Waals surface area contributed by atoms with Crippen molar-refractivity contribution < 1.29 is 9.84 Å². The van der Waals surface area contributed by atoms with E-state index < -0.39 is 6.10 Å². The van der Waals surface area contributed by atoms with Crippen LogP contribution in [0.5, 0.6) is 5.75 Å². The van der Waals surface area contributed by atoms with E-state index in [1.54, 1.807) is 7.11 Å². The van der Waals surface area contributed by atoms with Gasteiger partial charge in [-0.25, -0.2) is 0 Å². The van der Waals surface area contributed by atoms with Crippen molar-refractivity contribution in [3.05, 3.63) is 63.6 Å². The smallest absolute Gasteiger partial charge is 0.118 e. The molecule has 0 saturated heterocycles. The summed E-state index contributed by atoms with van der Waals surface area (Å²) >= 11 is 3.49. The Balaban J connectivity index is 2.15. The van der Waals surface area contributed by atoms with Gasteiger partial charge >= 0.3 is 0 Å². The van der Waals surface area contributed by atoms with Gasteiger partial charge in [-0.15, -0.1) is 0 Å². The fraction of sp³-hybridized carbons (Fsp3) is 0.250. The molecule has 19 heavy (non-hydrogen) atoms. The van der Waals surface area contributed by atoms with Gasteiger partial charge in [-0.1, -0.05) is 40.2 Å². The number of hydrogen-bond donors (Lipinski definition) is 1. The van der Waals surface area contributed by atoms with E-state index in [1.807, 2.05) is 49.4 Å².